The first kappa shape index (κ1) is 37.2. The maximum atomic E-state index is 7.00. The van der Waals surface area contributed by atoms with Crippen LogP contribution in [0.15, 0.2) is 195 Å². The predicted molar refractivity (Wildman–Crippen MR) is 276 cm³/mol. The molecule has 14 rings (SSSR count). The van der Waals surface area contributed by atoms with E-state index < -0.39 is 0 Å². The Morgan fingerprint density at radius 1 is 0.470 bits per heavy atom. The molecule has 312 valence electrons. The van der Waals surface area contributed by atoms with Gasteiger partial charge in [0.2, 0.25) is 0 Å². The molecule has 0 fully saturated rings. The Hall–Kier alpha value is -8.22. The smallest absolute Gasteiger partial charge is 0.198 e. The summed E-state index contributed by atoms with van der Waals surface area (Å²) in [5, 5.41) is 11.7. The number of furan rings is 3. The van der Waals surface area contributed by atoms with Gasteiger partial charge in [0.1, 0.15) is 33.7 Å². The lowest BCUT2D eigenvalue weighted by atomic mass is 9.59. The van der Waals surface area contributed by atoms with Gasteiger partial charge in [-0.05, 0) is 82.2 Å². The summed E-state index contributed by atoms with van der Waals surface area (Å²) in [4.78, 5) is 0. The Bertz CT molecular complexity index is 4130. The molecule has 0 bridgehead atoms. The van der Waals surface area contributed by atoms with Crippen molar-refractivity contribution in [3.05, 3.63) is 188 Å². The van der Waals surface area contributed by atoms with Crippen LogP contribution in [0.3, 0.4) is 0 Å². The van der Waals surface area contributed by atoms with E-state index in [1.165, 1.54) is 33.0 Å². The van der Waals surface area contributed by atoms with E-state index in [2.05, 4.69) is 201 Å². The fourth-order valence-electron chi connectivity index (χ4n) is 10.8. The molecule has 0 radical (unpaired) electrons. The van der Waals surface area contributed by atoms with Gasteiger partial charge in [0, 0.05) is 77.4 Å². The summed E-state index contributed by atoms with van der Waals surface area (Å²) < 4.78 is 22.6. The number of hydrogen-bond donors (Lipinski definition) is 1. The predicted octanol–water partition coefficient (Wildman–Crippen LogP) is 15.1. The molecule has 0 amide bonds. The Balaban J connectivity index is 1.07. The van der Waals surface area contributed by atoms with Crippen molar-refractivity contribution in [1.82, 2.24) is 4.57 Å². The fourth-order valence-corrected chi connectivity index (χ4v) is 10.8. The monoisotopic (exact) mass is 848 g/mol. The minimum Gasteiger partial charge on any atom is -0.456 e. The summed E-state index contributed by atoms with van der Waals surface area (Å²) >= 11 is 0. The van der Waals surface area contributed by atoms with Gasteiger partial charge < -0.3 is 23.1 Å². The summed E-state index contributed by atoms with van der Waals surface area (Å²) in [6.45, 7) is 6.76. The molecule has 0 aliphatic carbocycles. The molecule has 0 atom stereocenters. The third-order valence-corrected chi connectivity index (χ3v) is 14.0. The first-order valence-corrected chi connectivity index (χ1v) is 22.8. The molecule has 0 saturated carbocycles. The van der Waals surface area contributed by atoms with Gasteiger partial charge in [0.25, 0.3) is 0 Å². The Kier molecular flexibility index (Phi) is 7.69. The van der Waals surface area contributed by atoms with Gasteiger partial charge in [-0.3, -0.25) is 0 Å². The fraction of sp³-hybridized carbons (Fsp3) is 0.0667. The lowest BCUT2D eigenvalue weighted by Gasteiger charge is -2.24. The van der Waals surface area contributed by atoms with Gasteiger partial charge in [-0.25, -0.2) is 0 Å². The van der Waals surface area contributed by atoms with E-state index in [0.717, 1.165) is 111 Å². The highest BCUT2D eigenvalue weighted by molar-refractivity contribution is 6.73. The van der Waals surface area contributed by atoms with Crippen molar-refractivity contribution < 1.29 is 13.3 Å². The lowest BCUT2D eigenvalue weighted by molar-refractivity contribution is 0.590. The van der Waals surface area contributed by atoms with Crippen molar-refractivity contribution in [2.75, 3.05) is 5.32 Å². The highest BCUT2D eigenvalue weighted by Gasteiger charge is 2.30. The van der Waals surface area contributed by atoms with Crippen LogP contribution in [0.1, 0.15) is 26.3 Å². The quantitative estimate of drug-likeness (QED) is 0.175. The van der Waals surface area contributed by atoms with E-state index in [1.54, 1.807) is 0 Å². The minimum atomic E-state index is 0.0484. The number of hydrogen-bond acceptors (Lipinski definition) is 4. The van der Waals surface area contributed by atoms with Crippen molar-refractivity contribution in [2.45, 2.75) is 26.2 Å². The van der Waals surface area contributed by atoms with Gasteiger partial charge in [0.05, 0.1) is 11.2 Å². The van der Waals surface area contributed by atoms with Gasteiger partial charge >= 0.3 is 0 Å². The molecule has 13 aromatic rings. The summed E-state index contributed by atoms with van der Waals surface area (Å²) in [7, 11) is 0.708. The van der Waals surface area contributed by atoms with Crippen LogP contribution >= 0.6 is 0 Å². The zero-order chi connectivity index (χ0) is 43.8. The van der Waals surface area contributed by atoms with E-state index in [4.69, 9.17) is 13.3 Å². The maximum Gasteiger partial charge on any atom is 0.198 e. The Morgan fingerprint density at radius 3 is 1.82 bits per heavy atom. The third-order valence-electron chi connectivity index (χ3n) is 14.0. The zero-order valence-electron chi connectivity index (χ0n) is 36.7. The van der Waals surface area contributed by atoms with Crippen molar-refractivity contribution in [3.8, 4) is 39.3 Å². The average Bonchev–Trinajstić information content (AvgIpc) is 4.10. The molecule has 0 unspecified atom stereocenters. The van der Waals surface area contributed by atoms with Crippen molar-refractivity contribution in [2.24, 2.45) is 0 Å². The van der Waals surface area contributed by atoms with Crippen LogP contribution in [0, 0.1) is 0 Å². The van der Waals surface area contributed by atoms with E-state index in [9.17, 15) is 0 Å². The van der Waals surface area contributed by atoms with Crippen LogP contribution in [0.2, 0.25) is 0 Å². The maximum absolute atomic E-state index is 7.00. The van der Waals surface area contributed by atoms with Gasteiger partial charge in [0.15, 0.2) is 7.28 Å². The van der Waals surface area contributed by atoms with Crippen molar-refractivity contribution in [3.63, 3.8) is 0 Å². The van der Waals surface area contributed by atoms with Gasteiger partial charge in [-0.2, -0.15) is 0 Å². The summed E-state index contributed by atoms with van der Waals surface area (Å²) in [5.74, 6) is 0.873. The molecule has 5 nitrogen and oxygen atoms in total. The first-order chi connectivity index (χ1) is 32.3. The third kappa shape index (κ3) is 5.48. The highest BCUT2D eigenvalue weighted by Crippen LogP contribution is 2.46. The number of anilines is 2. The molecule has 1 N–H and O–H groups in total. The number of fused-ring (bicyclic) bond motifs is 12. The van der Waals surface area contributed by atoms with Gasteiger partial charge in [-0.1, -0.05) is 148 Å². The number of benzene rings is 9. The number of para-hydroxylation sites is 2. The van der Waals surface area contributed by atoms with Crippen LogP contribution in [0.4, 0.5) is 11.4 Å². The molecule has 9 aromatic carbocycles. The average molecular weight is 849 g/mol. The summed E-state index contributed by atoms with van der Waals surface area (Å²) in [6.07, 6.45) is 0. The lowest BCUT2D eigenvalue weighted by Crippen LogP contribution is -2.37. The molecular weight excluding hydrogens is 807 g/mol. The SMILES string of the molecule is CC(C)(C)c1ccc(Nc2cc3oc4ccccc4c3cc2-c2ccc3c4cc5oc6ccccc6c5cc4n4c3c2Bc2cc3oc(-c5ccccc5)c(-c5ccccc5)c3cc2-4)cc1. The second-order valence-corrected chi connectivity index (χ2v) is 18.9. The first-order valence-electron chi connectivity index (χ1n) is 22.8. The molecule has 4 aromatic heterocycles. The van der Waals surface area contributed by atoms with Crippen LogP contribution in [-0.4, -0.2) is 11.8 Å². The molecule has 6 heteroatoms. The number of rotatable bonds is 5. The zero-order valence-corrected chi connectivity index (χ0v) is 36.7. The van der Waals surface area contributed by atoms with Crippen LogP contribution in [0.5, 0.6) is 0 Å². The molecule has 0 spiro atoms. The van der Waals surface area contributed by atoms with Crippen molar-refractivity contribution in [1.29, 1.82) is 0 Å². The standard InChI is InChI=1S/C60H41BN2O3/c1-60(2,3)36-22-24-37(25-23-36)62-48-33-55-44(38-18-10-12-20-51(38)65-55)28-42(48)40-26-27-41-43-31-53-45(39-19-11-13-21-52(39)64-53)29-49(43)63-50-30-46-54(32-47(50)61-57(40)58(41)63)66-59(35-16-8-5-9-17-35)56(46)34-14-6-4-7-15-34/h4-33,61-62H,1-3H3. The van der Waals surface area contributed by atoms with Crippen LogP contribution in [-0.2, 0) is 5.41 Å². The van der Waals surface area contributed by atoms with Crippen molar-refractivity contribution >= 4 is 106 Å². The molecule has 1 aliphatic heterocycles. The van der Waals surface area contributed by atoms with Crippen LogP contribution in [0.25, 0.3) is 116 Å². The number of nitrogens with zero attached hydrogens (tertiary/aromatic N) is 1. The topological polar surface area (TPSA) is 56.4 Å². The molecule has 66 heavy (non-hydrogen) atoms. The molecule has 0 saturated heterocycles. The Morgan fingerprint density at radius 2 is 1.11 bits per heavy atom. The largest absolute Gasteiger partial charge is 0.456 e. The Labute approximate surface area is 380 Å². The normalized spacial score (nSPS) is 12.6. The second-order valence-electron chi connectivity index (χ2n) is 18.9. The molecule has 1 aliphatic rings. The van der Waals surface area contributed by atoms with Gasteiger partial charge in [-0.15, -0.1) is 0 Å². The van der Waals surface area contributed by atoms with E-state index >= 15 is 0 Å². The number of aromatic nitrogens is 1. The summed E-state index contributed by atoms with van der Waals surface area (Å²) in [5.41, 5.74) is 19.2. The molecular formula is C60H41BN2O3. The van der Waals surface area contributed by atoms with E-state index in [-0.39, 0.29) is 5.41 Å². The molecule has 5 heterocycles. The van der Waals surface area contributed by atoms with E-state index in [1.807, 2.05) is 12.1 Å². The highest BCUT2D eigenvalue weighted by atomic mass is 16.3. The van der Waals surface area contributed by atoms with E-state index in [0.29, 0.717) is 7.28 Å². The minimum absolute atomic E-state index is 0.0484. The second kappa shape index (κ2) is 13.6. The summed E-state index contributed by atoms with van der Waals surface area (Å²) in [6, 6.07) is 65.2. The number of nitrogens with one attached hydrogen (secondary N) is 1. The van der Waals surface area contributed by atoms with Crippen LogP contribution < -0.4 is 16.2 Å².